The molecule has 0 aromatic heterocycles. The molecule has 2 aromatic carbocycles. The van der Waals surface area contributed by atoms with Crippen molar-refractivity contribution in [1.82, 2.24) is 0 Å². The molecule has 0 radical (unpaired) electrons. The zero-order valence-corrected chi connectivity index (χ0v) is 18.0. The summed E-state index contributed by atoms with van der Waals surface area (Å²) in [6.07, 6.45) is 1.78. The maximum Gasteiger partial charge on any atom is 0.270 e. The van der Waals surface area contributed by atoms with Crippen molar-refractivity contribution in [2.45, 2.75) is 13.8 Å². The number of hydrogen-bond acceptors (Lipinski definition) is 6. The third-order valence-electron chi connectivity index (χ3n) is 4.53. The molecule has 3 rings (SSSR count). The molecule has 1 heterocycles. The molecule has 0 spiro atoms. The van der Waals surface area contributed by atoms with Crippen LogP contribution in [0, 0.1) is 13.8 Å². The number of thiocarbonyl (C=S) groups is 1. The maximum atomic E-state index is 13.0. The van der Waals surface area contributed by atoms with Gasteiger partial charge in [0.05, 0.1) is 31.9 Å². The van der Waals surface area contributed by atoms with E-state index >= 15 is 0 Å². The predicted molar refractivity (Wildman–Crippen MR) is 118 cm³/mol. The smallest absolute Gasteiger partial charge is 0.270 e. The summed E-state index contributed by atoms with van der Waals surface area (Å²) in [6.45, 7) is 4.05. The fourth-order valence-electron chi connectivity index (χ4n) is 2.89. The fourth-order valence-corrected chi connectivity index (χ4v) is 4.19. The lowest BCUT2D eigenvalue weighted by atomic mass is 10.1. The highest BCUT2D eigenvalue weighted by Gasteiger charge is 2.33. The summed E-state index contributed by atoms with van der Waals surface area (Å²) in [4.78, 5) is 15.1. The number of rotatable bonds is 5. The molecule has 146 valence electrons. The van der Waals surface area contributed by atoms with Gasteiger partial charge in [0.2, 0.25) is 5.75 Å². The van der Waals surface area contributed by atoms with Crippen LogP contribution in [0.25, 0.3) is 6.08 Å². The van der Waals surface area contributed by atoms with Gasteiger partial charge in [0, 0.05) is 0 Å². The highest BCUT2D eigenvalue weighted by molar-refractivity contribution is 8.27. The van der Waals surface area contributed by atoms with Gasteiger partial charge in [0.25, 0.3) is 5.91 Å². The van der Waals surface area contributed by atoms with E-state index in [9.17, 15) is 4.79 Å². The molecular weight excluding hydrogens is 394 g/mol. The molecular formula is C21H21NO4S2. The molecule has 5 nitrogen and oxygen atoms in total. The monoisotopic (exact) mass is 415 g/mol. The molecule has 1 fully saturated rings. The predicted octanol–water partition coefficient (Wildman–Crippen LogP) is 4.74. The summed E-state index contributed by atoms with van der Waals surface area (Å²) >= 11 is 6.74. The number of amides is 1. The Labute approximate surface area is 174 Å². The van der Waals surface area contributed by atoms with Gasteiger partial charge in [-0.1, -0.05) is 30.0 Å². The molecule has 1 amide bonds. The maximum absolute atomic E-state index is 13.0. The van der Waals surface area contributed by atoms with Crippen LogP contribution in [0.3, 0.4) is 0 Å². The number of benzene rings is 2. The number of anilines is 1. The lowest BCUT2D eigenvalue weighted by molar-refractivity contribution is -0.113. The van der Waals surface area contributed by atoms with Crippen LogP contribution in [0.15, 0.2) is 35.2 Å². The van der Waals surface area contributed by atoms with Crippen LogP contribution in [0.4, 0.5) is 5.69 Å². The van der Waals surface area contributed by atoms with Crippen molar-refractivity contribution >= 4 is 46.0 Å². The van der Waals surface area contributed by atoms with Gasteiger partial charge in [-0.15, -0.1) is 0 Å². The first-order valence-corrected chi connectivity index (χ1v) is 9.77. The summed E-state index contributed by atoms with van der Waals surface area (Å²) in [6, 6.07) is 9.47. The highest BCUT2D eigenvalue weighted by atomic mass is 32.2. The van der Waals surface area contributed by atoms with Crippen molar-refractivity contribution in [2.24, 2.45) is 0 Å². The van der Waals surface area contributed by atoms with E-state index in [1.54, 1.807) is 44.4 Å². The lowest BCUT2D eigenvalue weighted by Gasteiger charge is -2.16. The lowest BCUT2D eigenvalue weighted by Crippen LogP contribution is -2.27. The standard InChI is InChI=1S/C21H21NO4S2/c1-12-6-7-15(8-13(12)2)22-20(23)18(28-21(22)27)11-14-9-16(24-3)19(26-5)17(10-14)25-4/h6-11H,1-5H3/b18-11+. The molecule has 28 heavy (non-hydrogen) atoms. The Morgan fingerprint density at radius 2 is 1.61 bits per heavy atom. The molecule has 2 aromatic rings. The SMILES string of the molecule is COc1cc(/C=C2/SC(=S)N(c3ccc(C)c(C)c3)C2=O)cc(OC)c1OC. The number of aryl methyl sites for hydroxylation is 2. The zero-order chi connectivity index (χ0) is 20.4. The molecule has 0 atom stereocenters. The third-order valence-corrected chi connectivity index (χ3v) is 5.83. The average molecular weight is 416 g/mol. The average Bonchev–Trinajstić information content (AvgIpc) is 2.96. The Hall–Kier alpha value is -2.51. The number of nitrogens with zero attached hydrogens (tertiary/aromatic N) is 1. The van der Waals surface area contributed by atoms with Crippen LogP contribution in [0.5, 0.6) is 17.2 Å². The molecule has 0 bridgehead atoms. The molecule has 0 unspecified atom stereocenters. The zero-order valence-electron chi connectivity index (χ0n) is 16.4. The van der Waals surface area contributed by atoms with Gasteiger partial charge in [0.15, 0.2) is 15.8 Å². The molecule has 7 heteroatoms. The number of hydrogen-bond donors (Lipinski definition) is 0. The number of carbonyl (C=O) groups is 1. The van der Waals surface area contributed by atoms with Gasteiger partial charge in [-0.2, -0.15) is 0 Å². The molecule has 0 saturated carbocycles. The van der Waals surface area contributed by atoms with Crippen LogP contribution in [-0.4, -0.2) is 31.6 Å². The van der Waals surface area contributed by atoms with E-state index in [-0.39, 0.29) is 5.91 Å². The Balaban J connectivity index is 1.99. The molecule has 0 aliphatic carbocycles. The van der Waals surface area contributed by atoms with E-state index in [0.29, 0.717) is 26.5 Å². The van der Waals surface area contributed by atoms with E-state index in [4.69, 9.17) is 26.4 Å². The summed E-state index contributed by atoms with van der Waals surface area (Å²) in [5, 5.41) is 0. The Bertz CT molecular complexity index is 959. The Kier molecular flexibility index (Phi) is 5.96. The Morgan fingerprint density at radius 3 is 2.14 bits per heavy atom. The highest BCUT2D eigenvalue weighted by Crippen LogP contribution is 2.41. The largest absolute Gasteiger partial charge is 0.493 e. The minimum atomic E-state index is -0.146. The third kappa shape index (κ3) is 3.72. The molecule has 1 aliphatic rings. The van der Waals surface area contributed by atoms with E-state index in [1.165, 1.54) is 17.3 Å². The van der Waals surface area contributed by atoms with Crippen LogP contribution in [-0.2, 0) is 4.79 Å². The van der Waals surface area contributed by atoms with Crippen molar-refractivity contribution in [2.75, 3.05) is 26.2 Å². The fraction of sp³-hybridized carbons (Fsp3) is 0.238. The van der Waals surface area contributed by atoms with Crippen LogP contribution in [0.1, 0.15) is 16.7 Å². The second-order valence-corrected chi connectivity index (χ2v) is 7.92. The van der Waals surface area contributed by atoms with Gasteiger partial charge in [-0.25, -0.2) is 0 Å². The van der Waals surface area contributed by atoms with Crippen molar-refractivity contribution < 1.29 is 19.0 Å². The molecule has 1 saturated heterocycles. The summed E-state index contributed by atoms with van der Waals surface area (Å²) in [5.74, 6) is 1.41. The minimum Gasteiger partial charge on any atom is -0.493 e. The second-order valence-electron chi connectivity index (χ2n) is 6.24. The van der Waals surface area contributed by atoms with Gasteiger partial charge in [-0.05, 0) is 60.9 Å². The van der Waals surface area contributed by atoms with Crippen molar-refractivity contribution in [1.29, 1.82) is 0 Å². The van der Waals surface area contributed by atoms with Gasteiger partial charge in [-0.3, -0.25) is 9.69 Å². The number of ether oxygens (including phenoxy) is 3. The Morgan fingerprint density at radius 1 is 0.964 bits per heavy atom. The van der Waals surface area contributed by atoms with Gasteiger partial charge in [0.1, 0.15) is 0 Å². The second kappa shape index (κ2) is 8.24. The molecule has 1 aliphatic heterocycles. The van der Waals surface area contributed by atoms with E-state index in [2.05, 4.69) is 0 Å². The summed E-state index contributed by atoms with van der Waals surface area (Å²) in [5.41, 5.74) is 3.82. The normalized spacial score (nSPS) is 15.3. The van der Waals surface area contributed by atoms with E-state index < -0.39 is 0 Å². The van der Waals surface area contributed by atoms with E-state index in [1.807, 2.05) is 32.0 Å². The summed E-state index contributed by atoms with van der Waals surface area (Å²) in [7, 11) is 4.66. The number of thioether (sulfide) groups is 1. The van der Waals surface area contributed by atoms with Crippen molar-refractivity contribution in [3.63, 3.8) is 0 Å². The van der Waals surface area contributed by atoms with Crippen molar-refractivity contribution in [3.8, 4) is 17.2 Å². The first-order chi connectivity index (χ1) is 13.4. The van der Waals surface area contributed by atoms with E-state index in [0.717, 1.165) is 16.8 Å². The minimum absolute atomic E-state index is 0.146. The van der Waals surface area contributed by atoms with Crippen LogP contribution in [0.2, 0.25) is 0 Å². The molecule has 0 N–H and O–H groups in total. The van der Waals surface area contributed by atoms with Crippen LogP contribution < -0.4 is 19.1 Å². The van der Waals surface area contributed by atoms with Crippen molar-refractivity contribution in [3.05, 3.63) is 51.9 Å². The number of carbonyl (C=O) groups excluding carboxylic acids is 1. The first-order valence-electron chi connectivity index (χ1n) is 8.54. The quantitative estimate of drug-likeness (QED) is 0.520. The van der Waals surface area contributed by atoms with Gasteiger partial charge >= 0.3 is 0 Å². The summed E-state index contributed by atoms with van der Waals surface area (Å²) < 4.78 is 16.6. The first kappa shape index (κ1) is 20.2. The van der Waals surface area contributed by atoms with Gasteiger partial charge < -0.3 is 14.2 Å². The topological polar surface area (TPSA) is 48.0 Å². The van der Waals surface area contributed by atoms with Crippen LogP contribution >= 0.6 is 24.0 Å². The number of methoxy groups -OCH3 is 3.